The van der Waals surface area contributed by atoms with Crippen molar-refractivity contribution in [2.75, 3.05) is 19.6 Å². The van der Waals surface area contributed by atoms with E-state index in [0.717, 1.165) is 18.4 Å². The molecule has 1 N–H and O–H groups in total. The summed E-state index contributed by atoms with van der Waals surface area (Å²) in [6.45, 7) is 17.7. The second-order valence-corrected chi connectivity index (χ2v) is 7.42. The fraction of sp³-hybridized carbons (Fsp3) is 1.00. The van der Waals surface area contributed by atoms with Gasteiger partial charge in [0, 0.05) is 11.6 Å². The maximum absolute atomic E-state index is 3.64. The van der Waals surface area contributed by atoms with Gasteiger partial charge in [0.2, 0.25) is 0 Å². The quantitative estimate of drug-likeness (QED) is 0.826. The molecule has 1 rings (SSSR count). The first-order valence-electron chi connectivity index (χ1n) is 7.78. The van der Waals surface area contributed by atoms with E-state index < -0.39 is 0 Å². The van der Waals surface area contributed by atoms with E-state index in [4.69, 9.17) is 0 Å². The molecular weight excluding hydrogens is 220 g/mol. The highest BCUT2D eigenvalue weighted by Gasteiger charge is 2.23. The molecule has 0 saturated carbocycles. The molecule has 1 aliphatic rings. The Labute approximate surface area is 115 Å². The van der Waals surface area contributed by atoms with Crippen molar-refractivity contribution >= 4 is 0 Å². The summed E-state index contributed by atoms with van der Waals surface area (Å²) in [7, 11) is 0. The van der Waals surface area contributed by atoms with Gasteiger partial charge >= 0.3 is 0 Å². The van der Waals surface area contributed by atoms with Crippen LogP contribution in [0.1, 0.15) is 60.8 Å². The second-order valence-electron chi connectivity index (χ2n) is 7.42. The molecule has 0 aromatic carbocycles. The number of hydrogen-bond donors (Lipinski definition) is 1. The zero-order chi connectivity index (χ0) is 13.8. The van der Waals surface area contributed by atoms with Crippen LogP contribution in [0.4, 0.5) is 0 Å². The molecule has 3 atom stereocenters. The molecule has 3 unspecified atom stereocenters. The Morgan fingerprint density at radius 2 is 1.83 bits per heavy atom. The summed E-state index contributed by atoms with van der Waals surface area (Å²) in [6, 6.07) is 0.699. The van der Waals surface area contributed by atoms with Crippen LogP contribution in [-0.2, 0) is 0 Å². The predicted molar refractivity (Wildman–Crippen MR) is 81.0 cm³/mol. The molecule has 1 saturated heterocycles. The zero-order valence-corrected chi connectivity index (χ0v) is 13.4. The van der Waals surface area contributed by atoms with Gasteiger partial charge in [0.15, 0.2) is 0 Å². The Balaban J connectivity index is 2.39. The highest BCUT2D eigenvalue weighted by Crippen LogP contribution is 2.20. The second kappa shape index (κ2) is 6.91. The van der Waals surface area contributed by atoms with Gasteiger partial charge in [0.05, 0.1) is 0 Å². The minimum absolute atomic E-state index is 0.237. The van der Waals surface area contributed by atoms with E-state index in [1.54, 1.807) is 0 Å². The van der Waals surface area contributed by atoms with Crippen molar-refractivity contribution in [2.45, 2.75) is 72.4 Å². The Morgan fingerprint density at radius 1 is 1.17 bits per heavy atom. The third kappa shape index (κ3) is 5.71. The van der Waals surface area contributed by atoms with Gasteiger partial charge in [0.25, 0.3) is 0 Å². The van der Waals surface area contributed by atoms with Crippen LogP contribution in [0, 0.1) is 11.8 Å². The molecule has 0 bridgehead atoms. The fourth-order valence-corrected chi connectivity index (χ4v) is 2.69. The van der Waals surface area contributed by atoms with Crippen LogP contribution < -0.4 is 5.32 Å². The van der Waals surface area contributed by atoms with Crippen molar-refractivity contribution in [1.82, 2.24) is 10.2 Å². The van der Waals surface area contributed by atoms with Crippen molar-refractivity contribution in [1.29, 1.82) is 0 Å². The normalized spacial score (nSPS) is 26.7. The van der Waals surface area contributed by atoms with E-state index in [0.29, 0.717) is 6.04 Å². The standard InChI is InChI=1S/C16H34N2/c1-13-8-7-10-18(11-9-13)15(3)14(2)12-17-16(4,5)6/h13-15,17H,7-12H2,1-6H3. The van der Waals surface area contributed by atoms with E-state index >= 15 is 0 Å². The lowest BCUT2D eigenvalue weighted by Crippen LogP contribution is -2.45. The Bertz CT molecular complexity index is 232. The Kier molecular flexibility index (Phi) is 6.13. The van der Waals surface area contributed by atoms with Crippen molar-refractivity contribution in [3.63, 3.8) is 0 Å². The van der Waals surface area contributed by atoms with Gasteiger partial charge in [-0.15, -0.1) is 0 Å². The van der Waals surface area contributed by atoms with E-state index in [9.17, 15) is 0 Å². The van der Waals surface area contributed by atoms with Crippen molar-refractivity contribution in [3.8, 4) is 0 Å². The van der Waals surface area contributed by atoms with Crippen molar-refractivity contribution < 1.29 is 0 Å². The Hall–Kier alpha value is -0.0800. The van der Waals surface area contributed by atoms with Gasteiger partial charge in [-0.2, -0.15) is 0 Å². The van der Waals surface area contributed by atoms with E-state index in [1.807, 2.05) is 0 Å². The van der Waals surface area contributed by atoms with Crippen LogP contribution in [0.15, 0.2) is 0 Å². The maximum Gasteiger partial charge on any atom is 0.0105 e. The molecule has 1 heterocycles. The number of likely N-dealkylation sites (tertiary alicyclic amines) is 1. The third-order valence-electron chi connectivity index (χ3n) is 4.41. The Morgan fingerprint density at radius 3 is 2.44 bits per heavy atom. The zero-order valence-electron chi connectivity index (χ0n) is 13.4. The number of nitrogens with zero attached hydrogens (tertiary/aromatic N) is 1. The van der Waals surface area contributed by atoms with Crippen LogP contribution in [0.2, 0.25) is 0 Å². The molecule has 108 valence electrons. The number of nitrogens with one attached hydrogen (secondary N) is 1. The first-order valence-corrected chi connectivity index (χ1v) is 7.78. The lowest BCUT2D eigenvalue weighted by Gasteiger charge is -2.34. The lowest BCUT2D eigenvalue weighted by atomic mass is 9.99. The van der Waals surface area contributed by atoms with Crippen molar-refractivity contribution in [3.05, 3.63) is 0 Å². The molecule has 2 nitrogen and oxygen atoms in total. The average molecular weight is 254 g/mol. The first-order chi connectivity index (χ1) is 8.29. The molecular formula is C16H34N2. The summed E-state index contributed by atoms with van der Waals surface area (Å²) in [6.07, 6.45) is 4.17. The van der Waals surface area contributed by atoms with Crippen LogP contribution in [0.5, 0.6) is 0 Å². The fourth-order valence-electron chi connectivity index (χ4n) is 2.69. The summed E-state index contributed by atoms with van der Waals surface area (Å²) in [4.78, 5) is 2.71. The lowest BCUT2D eigenvalue weighted by molar-refractivity contribution is 0.159. The molecule has 0 amide bonds. The number of hydrogen-bond acceptors (Lipinski definition) is 2. The third-order valence-corrected chi connectivity index (χ3v) is 4.41. The summed E-state index contributed by atoms with van der Waals surface area (Å²) in [5.41, 5.74) is 0.237. The van der Waals surface area contributed by atoms with E-state index in [1.165, 1.54) is 32.4 Å². The van der Waals surface area contributed by atoms with E-state index in [2.05, 4.69) is 51.8 Å². The van der Waals surface area contributed by atoms with Crippen LogP contribution in [0.3, 0.4) is 0 Å². The number of rotatable bonds is 4. The van der Waals surface area contributed by atoms with Gasteiger partial charge in [-0.05, 0) is 78.4 Å². The van der Waals surface area contributed by atoms with Gasteiger partial charge in [-0.25, -0.2) is 0 Å². The molecule has 18 heavy (non-hydrogen) atoms. The predicted octanol–water partition coefficient (Wildman–Crippen LogP) is 3.52. The average Bonchev–Trinajstić information content (AvgIpc) is 2.49. The molecule has 0 radical (unpaired) electrons. The van der Waals surface area contributed by atoms with Gasteiger partial charge in [-0.3, -0.25) is 0 Å². The SMILES string of the molecule is CC1CCCN(C(C)C(C)CNC(C)(C)C)CC1. The van der Waals surface area contributed by atoms with Crippen LogP contribution in [0.25, 0.3) is 0 Å². The maximum atomic E-state index is 3.64. The minimum Gasteiger partial charge on any atom is -0.312 e. The minimum atomic E-state index is 0.237. The van der Waals surface area contributed by atoms with Gasteiger partial charge < -0.3 is 10.2 Å². The first kappa shape index (κ1) is 16.0. The highest BCUT2D eigenvalue weighted by molar-refractivity contribution is 4.80. The van der Waals surface area contributed by atoms with Crippen molar-refractivity contribution in [2.24, 2.45) is 11.8 Å². The highest BCUT2D eigenvalue weighted by atomic mass is 15.2. The molecule has 1 aliphatic heterocycles. The summed E-state index contributed by atoms with van der Waals surface area (Å²) in [5, 5.41) is 3.64. The largest absolute Gasteiger partial charge is 0.312 e. The molecule has 2 heteroatoms. The molecule has 1 fully saturated rings. The molecule has 0 aromatic heterocycles. The summed E-state index contributed by atoms with van der Waals surface area (Å²) >= 11 is 0. The monoisotopic (exact) mass is 254 g/mol. The smallest absolute Gasteiger partial charge is 0.0105 e. The molecule has 0 spiro atoms. The molecule has 0 aliphatic carbocycles. The summed E-state index contributed by atoms with van der Waals surface area (Å²) < 4.78 is 0. The molecule has 0 aromatic rings. The van der Waals surface area contributed by atoms with Crippen LogP contribution >= 0.6 is 0 Å². The van der Waals surface area contributed by atoms with E-state index in [-0.39, 0.29) is 5.54 Å². The van der Waals surface area contributed by atoms with Crippen LogP contribution in [-0.4, -0.2) is 36.1 Å². The topological polar surface area (TPSA) is 15.3 Å². The summed E-state index contributed by atoms with van der Waals surface area (Å²) in [5.74, 6) is 1.64. The van der Waals surface area contributed by atoms with Gasteiger partial charge in [-0.1, -0.05) is 13.8 Å². The van der Waals surface area contributed by atoms with Gasteiger partial charge in [0.1, 0.15) is 0 Å².